The highest BCUT2D eigenvalue weighted by Gasteiger charge is 2.21. The highest BCUT2D eigenvalue weighted by molar-refractivity contribution is 6.15. The number of rotatable bonds is 4. The minimum absolute atomic E-state index is 0.555. The van der Waals surface area contributed by atoms with Crippen LogP contribution in [0.4, 0.5) is 0 Å². The van der Waals surface area contributed by atoms with Crippen molar-refractivity contribution in [3.05, 3.63) is 132 Å². The van der Waals surface area contributed by atoms with Crippen LogP contribution in [0.25, 0.3) is 77.6 Å². The SMILES string of the molecule is C=C/C=C\c1oc2c(ccc3c4cc(-c5cccc(C#N)c5-n5c6ccccc6c6cc(C#N)ccc65)ccc4oc32)c1C. The molecular weight excluding hydrogens is 542 g/mol. The van der Waals surface area contributed by atoms with Gasteiger partial charge in [-0.25, -0.2) is 0 Å². The predicted molar refractivity (Wildman–Crippen MR) is 177 cm³/mol. The van der Waals surface area contributed by atoms with Crippen LogP contribution in [0.2, 0.25) is 0 Å². The third-order valence-electron chi connectivity index (χ3n) is 8.46. The van der Waals surface area contributed by atoms with Gasteiger partial charge in [0, 0.05) is 38.1 Å². The zero-order valence-electron chi connectivity index (χ0n) is 23.8. The number of hydrogen-bond donors (Lipinski definition) is 0. The van der Waals surface area contributed by atoms with Gasteiger partial charge in [-0.1, -0.05) is 55.1 Å². The zero-order valence-corrected chi connectivity index (χ0v) is 23.8. The minimum Gasteiger partial charge on any atom is -0.452 e. The van der Waals surface area contributed by atoms with Gasteiger partial charge in [-0.3, -0.25) is 0 Å². The zero-order chi connectivity index (χ0) is 29.9. The quantitative estimate of drug-likeness (QED) is 0.199. The Morgan fingerprint density at radius 1 is 0.727 bits per heavy atom. The Balaban J connectivity index is 1.40. The van der Waals surface area contributed by atoms with Crippen LogP contribution in [-0.4, -0.2) is 4.57 Å². The van der Waals surface area contributed by atoms with E-state index in [1.165, 1.54) is 0 Å². The van der Waals surface area contributed by atoms with Crippen molar-refractivity contribution >= 4 is 60.8 Å². The maximum Gasteiger partial charge on any atom is 0.178 e. The molecule has 5 heteroatoms. The summed E-state index contributed by atoms with van der Waals surface area (Å²) in [6, 6.07) is 34.7. The van der Waals surface area contributed by atoms with Crippen LogP contribution < -0.4 is 0 Å². The predicted octanol–water partition coefficient (Wildman–Crippen LogP) is 10.3. The normalized spacial score (nSPS) is 11.7. The first-order valence-electron chi connectivity index (χ1n) is 14.3. The Morgan fingerprint density at radius 3 is 2.39 bits per heavy atom. The summed E-state index contributed by atoms with van der Waals surface area (Å²) in [5.41, 5.74) is 8.94. The smallest absolute Gasteiger partial charge is 0.178 e. The Hall–Kier alpha value is -6.30. The summed E-state index contributed by atoms with van der Waals surface area (Å²) in [5, 5.41) is 24.9. The van der Waals surface area contributed by atoms with Crippen molar-refractivity contribution in [3.63, 3.8) is 0 Å². The van der Waals surface area contributed by atoms with Crippen LogP contribution in [0.5, 0.6) is 0 Å². The molecule has 0 amide bonds. The molecular formula is C39H23N3O2. The van der Waals surface area contributed by atoms with Crippen molar-refractivity contribution in [2.45, 2.75) is 6.92 Å². The van der Waals surface area contributed by atoms with Gasteiger partial charge >= 0.3 is 0 Å². The maximum atomic E-state index is 10.3. The second-order valence-corrected chi connectivity index (χ2v) is 10.8. The molecule has 3 heterocycles. The number of allylic oxidation sites excluding steroid dienone is 2. The lowest BCUT2D eigenvalue weighted by Crippen LogP contribution is -2.00. The van der Waals surface area contributed by atoms with Gasteiger partial charge in [-0.2, -0.15) is 10.5 Å². The molecule has 0 aliphatic rings. The van der Waals surface area contributed by atoms with Crippen molar-refractivity contribution < 1.29 is 8.83 Å². The van der Waals surface area contributed by atoms with Crippen LogP contribution >= 0.6 is 0 Å². The summed E-state index contributed by atoms with van der Waals surface area (Å²) in [7, 11) is 0. The van der Waals surface area contributed by atoms with Gasteiger partial charge in [0.05, 0.1) is 33.9 Å². The minimum atomic E-state index is 0.555. The van der Waals surface area contributed by atoms with Gasteiger partial charge < -0.3 is 13.4 Å². The largest absolute Gasteiger partial charge is 0.452 e. The lowest BCUT2D eigenvalue weighted by molar-refractivity contribution is 0.588. The summed E-state index contributed by atoms with van der Waals surface area (Å²) in [5.74, 6) is 0.777. The molecule has 206 valence electrons. The number of para-hydroxylation sites is 2. The standard InChI is InChI=1S/C39H23N3O2/c1-3-4-12-35-23(2)27-15-16-30-32-20-25(14-18-36(32)44-39(30)38(27)43-35)28-10-7-8-26(22-41)37(28)42-33-11-6-5-9-29(33)31-19-24(21-40)13-17-34(31)42/h3-20H,1H2,2H3/b12-4-. The van der Waals surface area contributed by atoms with E-state index in [-0.39, 0.29) is 0 Å². The van der Waals surface area contributed by atoms with Crippen molar-refractivity contribution in [1.29, 1.82) is 10.5 Å². The first kappa shape index (κ1) is 25.4. The highest BCUT2D eigenvalue weighted by atomic mass is 16.4. The Morgan fingerprint density at radius 2 is 1.55 bits per heavy atom. The Labute approximate surface area is 252 Å². The first-order valence-corrected chi connectivity index (χ1v) is 14.3. The molecule has 0 saturated carbocycles. The van der Waals surface area contributed by atoms with Gasteiger partial charge in [-0.15, -0.1) is 0 Å². The fraction of sp³-hybridized carbons (Fsp3) is 0.0256. The van der Waals surface area contributed by atoms with Crippen molar-refractivity contribution in [3.8, 4) is 29.0 Å². The fourth-order valence-electron chi connectivity index (χ4n) is 6.40. The summed E-state index contributed by atoms with van der Waals surface area (Å²) in [6.07, 6.45) is 5.50. The Bertz CT molecular complexity index is 2610. The summed E-state index contributed by atoms with van der Waals surface area (Å²) in [4.78, 5) is 0. The molecule has 5 aromatic carbocycles. The summed E-state index contributed by atoms with van der Waals surface area (Å²) in [6.45, 7) is 5.81. The number of nitrogens with zero attached hydrogens (tertiary/aromatic N) is 3. The molecule has 8 rings (SSSR count). The molecule has 0 aliphatic heterocycles. The number of aryl methyl sites for hydroxylation is 1. The molecule has 0 saturated heterocycles. The average molecular weight is 566 g/mol. The van der Waals surface area contributed by atoms with E-state index in [1.807, 2.05) is 73.7 Å². The second kappa shape index (κ2) is 9.63. The van der Waals surface area contributed by atoms with Crippen LogP contribution in [0.1, 0.15) is 22.5 Å². The van der Waals surface area contributed by atoms with E-state index in [2.05, 4.69) is 59.7 Å². The van der Waals surface area contributed by atoms with Gasteiger partial charge in [0.25, 0.3) is 0 Å². The van der Waals surface area contributed by atoms with Crippen LogP contribution in [-0.2, 0) is 0 Å². The van der Waals surface area contributed by atoms with Gasteiger partial charge in [0.1, 0.15) is 17.4 Å². The van der Waals surface area contributed by atoms with E-state index in [0.717, 1.165) is 77.3 Å². The fourth-order valence-corrected chi connectivity index (χ4v) is 6.40. The average Bonchev–Trinajstić information content (AvgIpc) is 3.71. The molecule has 44 heavy (non-hydrogen) atoms. The molecule has 0 fully saturated rings. The molecule has 0 N–H and O–H groups in total. The van der Waals surface area contributed by atoms with Crippen LogP contribution in [0.15, 0.2) is 119 Å². The topological polar surface area (TPSA) is 78.8 Å². The number of benzene rings is 5. The number of fused-ring (bicyclic) bond motifs is 8. The molecule has 8 aromatic rings. The third kappa shape index (κ3) is 3.57. The monoisotopic (exact) mass is 565 g/mol. The summed E-state index contributed by atoms with van der Waals surface area (Å²) >= 11 is 0. The molecule has 0 radical (unpaired) electrons. The Kier molecular flexibility index (Phi) is 5.56. The van der Waals surface area contributed by atoms with Gasteiger partial charge in [0.2, 0.25) is 0 Å². The highest BCUT2D eigenvalue weighted by Crippen LogP contribution is 2.42. The lowest BCUT2D eigenvalue weighted by atomic mass is 9.98. The number of hydrogen-bond acceptors (Lipinski definition) is 4. The number of furan rings is 2. The van der Waals surface area contributed by atoms with Gasteiger partial charge in [0.15, 0.2) is 11.2 Å². The van der Waals surface area contributed by atoms with E-state index in [0.29, 0.717) is 16.7 Å². The van der Waals surface area contributed by atoms with Crippen LogP contribution in [0, 0.1) is 29.6 Å². The lowest BCUT2D eigenvalue weighted by Gasteiger charge is -2.16. The van der Waals surface area contributed by atoms with E-state index >= 15 is 0 Å². The number of nitriles is 2. The third-order valence-corrected chi connectivity index (χ3v) is 8.46. The first-order chi connectivity index (χ1) is 21.6. The molecule has 5 nitrogen and oxygen atoms in total. The van der Waals surface area contributed by atoms with E-state index in [4.69, 9.17) is 8.83 Å². The molecule has 0 aliphatic carbocycles. The maximum absolute atomic E-state index is 10.3. The van der Waals surface area contributed by atoms with Crippen molar-refractivity contribution in [2.75, 3.05) is 0 Å². The molecule has 3 aromatic heterocycles. The molecule has 0 spiro atoms. The van der Waals surface area contributed by atoms with E-state index in [9.17, 15) is 10.5 Å². The molecule has 0 unspecified atom stereocenters. The molecule has 0 atom stereocenters. The van der Waals surface area contributed by atoms with Gasteiger partial charge in [-0.05, 0) is 73.2 Å². The van der Waals surface area contributed by atoms with Crippen molar-refractivity contribution in [1.82, 2.24) is 4.57 Å². The summed E-state index contributed by atoms with van der Waals surface area (Å²) < 4.78 is 14.8. The second-order valence-electron chi connectivity index (χ2n) is 10.8. The number of aromatic nitrogens is 1. The van der Waals surface area contributed by atoms with Crippen molar-refractivity contribution in [2.24, 2.45) is 0 Å². The van der Waals surface area contributed by atoms with Crippen LogP contribution in [0.3, 0.4) is 0 Å². The molecule has 0 bridgehead atoms. The van der Waals surface area contributed by atoms with E-state index in [1.54, 1.807) is 6.08 Å². The van der Waals surface area contributed by atoms with E-state index < -0.39 is 0 Å².